The van der Waals surface area contributed by atoms with Gasteiger partial charge >= 0.3 is 6.18 Å². The molecule has 2 rings (SSSR count). The third kappa shape index (κ3) is 5.64. The number of carbonyl (C=O) groups is 1. The molecule has 0 aliphatic carbocycles. The normalized spacial score (nSPS) is 12.9. The molecule has 5 nitrogen and oxygen atoms in total. The van der Waals surface area contributed by atoms with Crippen molar-refractivity contribution in [2.45, 2.75) is 32.6 Å². The third-order valence-corrected chi connectivity index (χ3v) is 4.47. The van der Waals surface area contributed by atoms with Crippen LogP contribution >= 0.6 is 11.6 Å². The second kappa shape index (κ2) is 8.67. The Morgan fingerprint density at radius 3 is 2.67 bits per heavy atom. The van der Waals surface area contributed by atoms with Crippen LogP contribution in [0, 0.1) is 6.92 Å². The van der Waals surface area contributed by atoms with Crippen LogP contribution in [-0.4, -0.2) is 41.0 Å². The van der Waals surface area contributed by atoms with Gasteiger partial charge in [0.15, 0.2) is 12.9 Å². The molecular formula is C18H19ClF3N3O2. The number of aryl methyl sites for hydroxylation is 1. The van der Waals surface area contributed by atoms with Crippen LogP contribution in [0.4, 0.5) is 13.2 Å². The van der Waals surface area contributed by atoms with E-state index < -0.39 is 12.8 Å². The van der Waals surface area contributed by atoms with Crippen molar-refractivity contribution in [2.24, 2.45) is 0 Å². The fraction of sp³-hybridized carbons (Fsp3) is 0.389. The molecule has 0 saturated heterocycles. The Hall–Kier alpha value is -2.19. The Morgan fingerprint density at radius 1 is 1.37 bits per heavy atom. The van der Waals surface area contributed by atoms with Crippen LogP contribution < -0.4 is 4.74 Å². The minimum Gasteiger partial charge on any atom is -0.468 e. The summed E-state index contributed by atoms with van der Waals surface area (Å²) < 4.78 is 41.6. The average molecular weight is 402 g/mol. The lowest BCUT2D eigenvalue weighted by atomic mass is 10.1. The van der Waals surface area contributed by atoms with Crippen molar-refractivity contribution in [1.29, 1.82) is 0 Å². The fourth-order valence-corrected chi connectivity index (χ4v) is 2.73. The molecule has 0 aromatic carbocycles. The molecule has 27 heavy (non-hydrogen) atoms. The molecular weight excluding hydrogens is 383 g/mol. The maximum absolute atomic E-state index is 12.3. The number of rotatable bonds is 7. The molecule has 0 saturated carbocycles. The highest BCUT2D eigenvalue weighted by Crippen LogP contribution is 2.27. The van der Waals surface area contributed by atoms with Crippen LogP contribution in [0.3, 0.4) is 0 Å². The molecule has 0 fully saturated rings. The van der Waals surface area contributed by atoms with E-state index in [0.717, 1.165) is 11.8 Å². The van der Waals surface area contributed by atoms with Gasteiger partial charge in [0.1, 0.15) is 5.15 Å². The Labute approximate surface area is 160 Å². The summed E-state index contributed by atoms with van der Waals surface area (Å²) in [4.78, 5) is 21.1. The van der Waals surface area contributed by atoms with Crippen molar-refractivity contribution in [3.05, 3.63) is 51.9 Å². The van der Waals surface area contributed by atoms with Crippen molar-refractivity contribution in [1.82, 2.24) is 14.9 Å². The number of hydrogen-bond donors (Lipinski definition) is 0. The molecule has 146 valence electrons. The first-order valence-electron chi connectivity index (χ1n) is 8.07. The van der Waals surface area contributed by atoms with Gasteiger partial charge in [-0.25, -0.2) is 9.97 Å². The summed E-state index contributed by atoms with van der Waals surface area (Å²) in [5.74, 6) is -0.0514. The van der Waals surface area contributed by atoms with Crippen molar-refractivity contribution in [3.8, 4) is 5.88 Å². The number of halogens is 4. The van der Waals surface area contributed by atoms with Gasteiger partial charge in [0, 0.05) is 41.7 Å². The largest absolute Gasteiger partial charge is 0.468 e. The van der Waals surface area contributed by atoms with E-state index in [0.29, 0.717) is 23.2 Å². The monoisotopic (exact) mass is 401 g/mol. The van der Waals surface area contributed by atoms with Gasteiger partial charge in [0.2, 0.25) is 5.88 Å². The first kappa shape index (κ1) is 21.1. The van der Waals surface area contributed by atoms with Gasteiger partial charge in [-0.05, 0) is 38.6 Å². The highest BCUT2D eigenvalue weighted by atomic mass is 35.5. The first-order chi connectivity index (χ1) is 12.6. The molecule has 0 radical (unpaired) electrons. The average Bonchev–Trinajstić information content (AvgIpc) is 2.60. The minimum absolute atomic E-state index is 0.0514. The van der Waals surface area contributed by atoms with E-state index >= 15 is 0 Å². The number of aldehydes is 1. The van der Waals surface area contributed by atoms with E-state index in [9.17, 15) is 18.0 Å². The minimum atomic E-state index is -4.42. The summed E-state index contributed by atoms with van der Waals surface area (Å²) in [5, 5.41) is 0.254. The maximum atomic E-state index is 12.3. The van der Waals surface area contributed by atoms with Crippen LogP contribution in [0.25, 0.3) is 0 Å². The number of ether oxygens (including phenoxy) is 1. The summed E-state index contributed by atoms with van der Waals surface area (Å²) in [7, 11) is 1.84. The number of aromatic nitrogens is 2. The van der Waals surface area contributed by atoms with Crippen LogP contribution in [0.15, 0.2) is 24.5 Å². The zero-order valence-electron chi connectivity index (χ0n) is 15.0. The van der Waals surface area contributed by atoms with Gasteiger partial charge < -0.3 is 4.74 Å². The van der Waals surface area contributed by atoms with Gasteiger partial charge in [-0.15, -0.1) is 0 Å². The van der Waals surface area contributed by atoms with E-state index in [1.165, 1.54) is 12.4 Å². The van der Waals surface area contributed by atoms with Crippen molar-refractivity contribution < 1.29 is 22.7 Å². The van der Waals surface area contributed by atoms with Gasteiger partial charge in [-0.2, -0.15) is 13.2 Å². The van der Waals surface area contributed by atoms with Crippen molar-refractivity contribution in [2.75, 3.05) is 13.7 Å². The van der Waals surface area contributed by atoms with E-state index in [1.54, 1.807) is 19.1 Å². The lowest BCUT2D eigenvalue weighted by Gasteiger charge is -2.26. The molecule has 0 aliphatic rings. The summed E-state index contributed by atoms with van der Waals surface area (Å²) in [6.45, 7) is 2.53. The molecule has 1 unspecified atom stereocenters. The van der Waals surface area contributed by atoms with Crippen molar-refractivity contribution in [3.63, 3.8) is 0 Å². The first-order valence-corrected chi connectivity index (χ1v) is 8.45. The lowest BCUT2D eigenvalue weighted by molar-refractivity contribution is -0.154. The van der Waals surface area contributed by atoms with Gasteiger partial charge in [-0.1, -0.05) is 11.6 Å². The Kier molecular flexibility index (Phi) is 6.78. The highest BCUT2D eigenvalue weighted by Gasteiger charge is 2.29. The SMILES string of the molecule is Cc1cc(C(C)N(C)Cc2c(C=O)ccnc2Cl)cnc1OCC(F)(F)F. The molecule has 2 aromatic heterocycles. The smallest absolute Gasteiger partial charge is 0.422 e. The van der Waals surface area contributed by atoms with E-state index in [2.05, 4.69) is 9.97 Å². The molecule has 1 atom stereocenters. The zero-order chi connectivity index (χ0) is 20.2. The summed E-state index contributed by atoms with van der Waals surface area (Å²) in [6, 6.07) is 3.18. The fourth-order valence-electron chi connectivity index (χ4n) is 2.50. The lowest BCUT2D eigenvalue weighted by Crippen LogP contribution is -2.23. The Morgan fingerprint density at radius 2 is 2.07 bits per heavy atom. The molecule has 0 N–H and O–H groups in total. The Balaban J connectivity index is 2.14. The highest BCUT2D eigenvalue weighted by molar-refractivity contribution is 6.30. The number of carbonyl (C=O) groups excluding carboxylic acids is 1. The van der Waals surface area contributed by atoms with Crippen LogP contribution in [0.1, 0.15) is 40.0 Å². The quantitative estimate of drug-likeness (QED) is 0.509. The summed E-state index contributed by atoms with van der Waals surface area (Å²) in [6.07, 6.45) is -0.753. The number of nitrogens with zero attached hydrogens (tertiary/aromatic N) is 3. The standard InChI is InChI=1S/C18H19ClF3N3O2/c1-11-6-14(7-24-17(11)27-10-18(20,21)22)12(2)25(3)8-15-13(9-26)4-5-23-16(15)19/h4-7,9,12H,8,10H2,1-3H3. The second-order valence-corrected chi connectivity index (χ2v) is 6.53. The molecule has 2 aromatic rings. The predicted molar refractivity (Wildman–Crippen MR) is 95.0 cm³/mol. The zero-order valence-corrected chi connectivity index (χ0v) is 15.8. The van der Waals surface area contributed by atoms with Crippen LogP contribution in [0.2, 0.25) is 5.15 Å². The third-order valence-electron chi connectivity index (χ3n) is 4.14. The second-order valence-electron chi connectivity index (χ2n) is 6.17. The van der Waals surface area contributed by atoms with Gasteiger partial charge in [0.05, 0.1) is 0 Å². The molecule has 0 aliphatic heterocycles. The molecule has 0 bridgehead atoms. The van der Waals surface area contributed by atoms with Crippen LogP contribution in [0.5, 0.6) is 5.88 Å². The summed E-state index contributed by atoms with van der Waals surface area (Å²) >= 11 is 6.10. The topological polar surface area (TPSA) is 55.3 Å². The molecule has 2 heterocycles. The van der Waals surface area contributed by atoms with Gasteiger partial charge in [-0.3, -0.25) is 9.69 Å². The van der Waals surface area contributed by atoms with E-state index in [4.69, 9.17) is 16.3 Å². The number of hydrogen-bond acceptors (Lipinski definition) is 5. The van der Waals surface area contributed by atoms with Crippen molar-refractivity contribution >= 4 is 17.9 Å². The maximum Gasteiger partial charge on any atom is 0.422 e. The number of alkyl halides is 3. The predicted octanol–water partition coefficient (Wildman–Crippen LogP) is 4.39. The van der Waals surface area contributed by atoms with Crippen LogP contribution in [-0.2, 0) is 6.54 Å². The molecule has 0 spiro atoms. The molecule has 0 amide bonds. The molecule has 9 heteroatoms. The summed E-state index contributed by atoms with van der Waals surface area (Å²) in [5.41, 5.74) is 2.37. The Bertz CT molecular complexity index is 815. The number of pyridine rings is 2. The van der Waals surface area contributed by atoms with Gasteiger partial charge in [0.25, 0.3) is 0 Å². The van der Waals surface area contributed by atoms with E-state index in [-0.39, 0.29) is 17.1 Å². The van der Waals surface area contributed by atoms with E-state index in [1.807, 2.05) is 18.9 Å².